The van der Waals surface area contributed by atoms with E-state index < -0.39 is 0 Å². The number of nitrogens with zero attached hydrogens (tertiary/aromatic N) is 1. The Balaban J connectivity index is 2.17. The minimum Gasteiger partial charge on any atom is -0.374 e. The van der Waals surface area contributed by atoms with Crippen LogP contribution in [0.3, 0.4) is 0 Å². The molecular weight excluding hydrogens is 100 g/mol. The quantitative estimate of drug-likeness (QED) is 0.483. The summed E-state index contributed by atoms with van der Waals surface area (Å²) in [6.07, 6.45) is 5.77. The molecule has 0 spiro atoms. The molecule has 1 aliphatic carbocycles. The van der Waals surface area contributed by atoms with Crippen molar-refractivity contribution in [1.82, 2.24) is 5.32 Å². The minimum atomic E-state index is 0.668. The molecule has 0 aromatic heterocycles. The van der Waals surface area contributed by atoms with Crippen LogP contribution in [0.5, 0.6) is 0 Å². The van der Waals surface area contributed by atoms with Gasteiger partial charge in [-0.15, -0.1) is 0 Å². The van der Waals surface area contributed by atoms with Crippen LogP contribution in [-0.4, -0.2) is 18.4 Å². The van der Waals surface area contributed by atoms with Crippen molar-refractivity contribution in [3.8, 4) is 0 Å². The molecule has 2 unspecified atom stereocenters. The number of hydrogen-bond acceptors (Lipinski definition) is 2. The average molecular weight is 110 g/mol. The fourth-order valence-electron chi connectivity index (χ4n) is 1.50. The molecule has 0 saturated heterocycles. The second-order valence-corrected chi connectivity index (χ2v) is 2.61. The summed E-state index contributed by atoms with van der Waals surface area (Å²) in [5.41, 5.74) is 0. The van der Waals surface area contributed by atoms with E-state index >= 15 is 0 Å². The summed E-state index contributed by atoms with van der Waals surface area (Å²) < 4.78 is 0. The number of rotatable bonds is 0. The predicted molar refractivity (Wildman–Crippen MR) is 33.1 cm³/mol. The van der Waals surface area contributed by atoms with Gasteiger partial charge in [-0.25, -0.2) is 0 Å². The number of hydrogen-bond donors (Lipinski definition) is 1. The highest BCUT2D eigenvalue weighted by Gasteiger charge is 2.25. The van der Waals surface area contributed by atoms with Crippen LogP contribution < -0.4 is 5.32 Å². The number of nitrogens with one attached hydrogen (secondary N) is 1. The van der Waals surface area contributed by atoms with Crippen LogP contribution in [0.15, 0.2) is 4.99 Å². The van der Waals surface area contributed by atoms with E-state index in [0.717, 1.165) is 6.04 Å². The van der Waals surface area contributed by atoms with Gasteiger partial charge in [0, 0.05) is 6.04 Å². The third-order valence-corrected chi connectivity index (χ3v) is 2.00. The molecule has 2 nitrogen and oxygen atoms in total. The molecule has 8 heavy (non-hydrogen) atoms. The summed E-state index contributed by atoms with van der Waals surface area (Å²) in [6.45, 7) is 0. The summed E-state index contributed by atoms with van der Waals surface area (Å²) >= 11 is 0. The molecule has 1 fully saturated rings. The fourth-order valence-corrected chi connectivity index (χ4v) is 1.50. The molecule has 0 aromatic carbocycles. The lowest BCUT2D eigenvalue weighted by Gasteiger charge is -2.12. The van der Waals surface area contributed by atoms with Gasteiger partial charge in [0.05, 0.1) is 12.4 Å². The van der Waals surface area contributed by atoms with Crippen molar-refractivity contribution in [2.75, 3.05) is 0 Å². The van der Waals surface area contributed by atoms with Crippen LogP contribution in [0, 0.1) is 0 Å². The summed E-state index contributed by atoms with van der Waals surface area (Å²) in [5, 5.41) is 3.22. The Bertz CT molecular complexity index is 120. The first-order chi connectivity index (χ1) is 3.95. The summed E-state index contributed by atoms with van der Waals surface area (Å²) in [5.74, 6) is 0. The van der Waals surface area contributed by atoms with E-state index in [1.165, 1.54) is 19.3 Å². The highest BCUT2D eigenvalue weighted by molar-refractivity contribution is 5.56. The Morgan fingerprint density at radius 3 is 3.25 bits per heavy atom. The maximum absolute atomic E-state index is 4.25. The lowest BCUT2D eigenvalue weighted by molar-refractivity contribution is 0.593. The van der Waals surface area contributed by atoms with Crippen molar-refractivity contribution in [3.63, 3.8) is 0 Å². The minimum absolute atomic E-state index is 0.668. The number of aliphatic imine (C=N–C) groups is 1. The Labute approximate surface area is 49.0 Å². The maximum atomic E-state index is 4.25. The lowest BCUT2D eigenvalue weighted by Crippen LogP contribution is -2.28. The van der Waals surface area contributed by atoms with E-state index in [2.05, 4.69) is 10.3 Å². The molecule has 2 heteroatoms. The van der Waals surface area contributed by atoms with Crippen LogP contribution >= 0.6 is 0 Å². The van der Waals surface area contributed by atoms with E-state index in [1.807, 2.05) is 6.34 Å². The van der Waals surface area contributed by atoms with Gasteiger partial charge < -0.3 is 5.32 Å². The van der Waals surface area contributed by atoms with Gasteiger partial charge in [-0.3, -0.25) is 4.99 Å². The molecule has 2 bridgehead atoms. The van der Waals surface area contributed by atoms with Crippen molar-refractivity contribution in [2.45, 2.75) is 31.3 Å². The molecule has 2 aliphatic rings. The van der Waals surface area contributed by atoms with Gasteiger partial charge in [-0.2, -0.15) is 0 Å². The van der Waals surface area contributed by atoms with Gasteiger partial charge in [0.25, 0.3) is 0 Å². The Morgan fingerprint density at radius 1 is 1.50 bits per heavy atom. The third-order valence-electron chi connectivity index (χ3n) is 2.00. The molecule has 44 valence electrons. The maximum Gasteiger partial charge on any atom is 0.0829 e. The fraction of sp³-hybridized carbons (Fsp3) is 0.833. The van der Waals surface area contributed by atoms with Gasteiger partial charge in [-0.05, 0) is 19.3 Å². The monoisotopic (exact) mass is 110 g/mol. The largest absolute Gasteiger partial charge is 0.374 e. The highest BCUT2D eigenvalue weighted by atomic mass is 15.0. The van der Waals surface area contributed by atoms with Gasteiger partial charge in [-0.1, -0.05) is 0 Å². The van der Waals surface area contributed by atoms with Crippen LogP contribution in [0.1, 0.15) is 19.3 Å². The van der Waals surface area contributed by atoms with Crippen molar-refractivity contribution >= 4 is 6.34 Å². The smallest absolute Gasteiger partial charge is 0.0829 e. The van der Waals surface area contributed by atoms with Crippen LogP contribution in [0.2, 0.25) is 0 Å². The highest BCUT2D eigenvalue weighted by Crippen LogP contribution is 2.23. The van der Waals surface area contributed by atoms with E-state index in [0.29, 0.717) is 6.04 Å². The summed E-state index contributed by atoms with van der Waals surface area (Å²) in [6, 6.07) is 1.43. The van der Waals surface area contributed by atoms with Gasteiger partial charge in [0.15, 0.2) is 0 Å². The van der Waals surface area contributed by atoms with Gasteiger partial charge >= 0.3 is 0 Å². The van der Waals surface area contributed by atoms with Gasteiger partial charge in [0.2, 0.25) is 0 Å². The standard InChI is InChI=1S/C6H10N2/c1-2-6-3-5(1)7-4-8-6/h4-6H,1-3H2,(H,7,8). The summed E-state index contributed by atoms with van der Waals surface area (Å²) in [7, 11) is 0. The summed E-state index contributed by atoms with van der Waals surface area (Å²) in [4.78, 5) is 4.25. The zero-order valence-electron chi connectivity index (χ0n) is 4.80. The van der Waals surface area contributed by atoms with Gasteiger partial charge in [0.1, 0.15) is 0 Å². The Kier molecular flexibility index (Phi) is 0.802. The SMILES string of the molecule is C1=NC2CCC(C2)N1. The van der Waals surface area contributed by atoms with E-state index in [-0.39, 0.29) is 0 Å². The Morgan fingerprint density at radius 2 is 2.50 bits per heavy atom. The van der Waals surface area contributed by atoms with Crippen molar-refractivity contribution in [1.29, 1.82) is 0 Å². The van der Waals surface area contributed by atoms with Crippen LogP contribution in [0.4, 0.5) is 0 Å². The van der Waals surface area contributed by atoms with E-state index in [1.54, 1.807) is 0 Å². The zero-order chi connectivity index (χ0) is 5.40. The first-order valence-electron chi connectivity index (χ1n) is 3.23. The molecular formula is C6H10N2. The molecule has 2 rings (SSSR count). The lowest BCUT2D eigenvalue weighted by atomic mass is 10.2. The molecule has 1 N–H and O–H groups in total. The van der Waals surface area contributed by atoms with Crippen LogP contribution in [-0.2, 0) is 0 Å². The second-order valence-electron chi connectivity index (χ2n) is 2.61. The molecule has 1 heterocycles. The van der Waals surface area contributed by atoms with E-state index in [4.69, 9.17) is 0 Å². The molecule has 2 atom stereocenters. The van der Waals surface area contributed by atoms with E-state index in [9.17, 15) is 0 Å². The van der Waals surface area contributed by atoms with Crippen molar-refractivity contribution in [3.05, 3.63) is 0 Å². The first kappa shape index (κ1) is 4.36. The molecule has 1 saturated carbocycles. The third kappa shape index (κ3) is 0.522. The predicted octanol–water partition coefficient (Wildman–Crippen LogP) is 0.539. The second kappa shape index (κ2) is 1.47. The van der Waals surface area contributed by atoms with Crippen LogP contribution in [0.25, 0.3) is 0 Å². The molecule has 1 aliphatic heterocycles. The van der Waals surface area contributed by atoms with Crippen molar-refractivity contribution < 1.29 is 0 Å². The average Bonchev–Trinajstić information content (AvgIpc) is 2.12. The van der Waals surface area contributed by atoms with Crippen molar-refractivity contribution in [2.24, 2.45) is 4.99 Å². The first-order valence-corrected chi connectivity index (χ1v) is 3.23. The molecule has 0 radical (unpaired) electrons. The number of fused-ring (bicyclic) bond motifs is 2. The Hall–Kier alpha value is -0.530. The molecule has 0 aromatic rings. The zero-order valence-corrected chi connectivity index (χ0v) is 4.80. The molecule has 0 amide bonds. The topological polar surface area (TPSA) is 24.4 Å². The normalized spacial score (nSPS) is 42.0.